The Morgan fingerprint density at radius 3 is 2.80 bits per heavy atom. The van der Waals surface area contributed by atoms with Crippen LogP contribution in [0.5, 0.6) is 0 Å². The molecule has 1 atom stereocenters. The summed E-state index contributed by atoms with van der Waals surface area (Å²) in [4.78, 5) is 11.9. The van der Waals surface area contributed by atoms with E-state index >= 15 is 0 Å². The first-order chi connectivity index (χ1) is 7.08. The Balaban J connectivity index is 2.53. The number of benzene rings is 1. The summed E-state index contributed by atoms with van der Waals surface area (Å²) in [6.07, 6.45) is 0. The molecule has 1 aromatic rings. The molecular weight excluding hydrogens is 188 g/mol. The normalized spacial score (nSPS) is 19.9. The van der Waals surface area contributed by atoms with Crippen molar-refractivity contribution in [3.8, 4) is 0 Å². The maximum atomic E-state index is 11.9. The fraction of sp³-hybridized carbons (Fsp3) is 0.417. The average molecular weight is 204 g/mol. The van der Waals surface area contributed by atoms with Gasteiger partial charge in [-0.05, 0) is 38.0 Å². The zero-order valence-electron chi connectivity index (χ0n) is 9.35. The molecule has 15 heavy (non-hydrogen) atoms. The van der Waals surface area contributed by atoms with Crippen LogP contribution in [-0.4, -0.2) is 18.5 Å². The lowest BCUT2D eigenvalue weighted by Gasteiger charge is -2.10. The SMILES string of the molecule is Cc1cc(C)c2c(c1)C(=O)NC(C)CN2. The number of anilines is 1. The number of aryl methyl sites for hydroxylation is 2. The van der Waals surface area contributed by atoms with Gasteiger partial charge in [-0.15, -0.1) is 0 Å². The van der Waals surface area contributed by atoms with Gasteiger partial charge in [0, 0.05) is 18.3 Å². The number of fused-ring (bicyclic) bond motifs is 1. The molecule has 1 aliphatic rings. The van der Waals surface area contributed by atoms with Gasteiger partial charge in [0.1, 0.15) is 0 Å². The minimum atomic E-state index is 0.0225. The van der Waals surface area contributed by atoms with Gasteiger partial charge in [0.25, 0.3) is 5.91 Å². The summed E-state index contributed by atoms with van der Waals surface area (Å²) in [7, 11) is 0. The second-order valence-electron chi connectivity index (χ2n) is 4.26. The highest BCUT2D eigenvalue weighted by Crippen LogP contribution is 2.24. The Bertz CT molecular complexity index is 412. The highest BCUT2D eigenvalue weighted by atomic mass is 16.1. The van der Waals surface area contributed by atoms with Crippen molar-refractivity contribution >= 4 is 11.6 Å². The molecule has 1 aromatic carbocycles. The van der Waals surface area contributed by atoms with E-state index < -0.39 is 0 Å². The average Bonchev–Trinajstić information content (AvgIpc) is 2.27. The second-order valence-corrected chi connectivity index (χ2v) is 4.26. The van der Waals surface area contributed by atoms with Crippen LogP contribution in [-0.2, 0) is 0 Å². The maximum Gasteiger partial charge on any atom is 0.253 e. The minimum Gasteiger partial charge on any atom is -0.382 e. The molecule has 0 aromatic heterocycles. The molecule has 3 nitrogen and oxygen atoms in total. The van der Waals surface area contributed by atoms with Crippen molar-refractivity contribution in [2.24, 2.45) is 0 Å². The molecule has 0 saturated heterocycles. The summed E-state index contributed by atoms with van der Waals surface area (Å²) in [6.45, 7) is 6.82. The van der Waals surface area contributed by atoms with Gasteiger partial charge in [0.2, 0.25) is 0 Å². The van der Waals surface area contributed by atoms with Crippen LogP contribution >= 0.6 is 0 Å². The summed E-state index contributed by atoms with van der Waals surface area (Å²) in [6, 6.07) is 4.20. The predicted molar refractivity (Wildman–Crippen MR) is 61.3 cm³/mol. The number of nitrogens with one attached hydrogen (secondary N) is 2. The topological polar surface area (TPSA) is 41.1 Å². The van der Waals surface area contributed by atoms with Gasteiger partial charge in [0.05, 0.1) is 5.56 Å². The van der Waals surface area contributed by atoms with Crippen LogP contribution in [0.3, 0.4) is 0 Å². The van der Waals surface area contributed by atoms with Gasteiger partial charge in [-0.3, -0.25) is 4.79 Å². The Morgan fingerprint density at radius 2 is 2.07 bits per heavy atom. The van der Waals surface area contributed by atoms with Gasteiger partial charge >= 0.3 is 0 Å². The third-order valence-corrected chi connectivity index (χ3v) is 2.69. The summed E-state index contributed by atoms with van der Waals surface area (Å²) in [5.74, 6) is 0.0225. The van der Waals surface area contributed by atoms with Crippen molar-refractivity contribution in [3.63, 3.8) is 0 Å². The van der Waals surface area contributed by atoms with Gasteiger partial charge in [-0.1, -0.05) is 6.07 Å². The van der Waals surface area contributed by atoms with Crippen LogP contribution in [0.15, 0.2) is 12.1 Å². The maximum absolute atomic E-state index is 11.9. The monoisotopic (exact) mass is 204 g/mol. The number of rotatable bonds is 0. The van der Waals surface area contributed by atoms with Crippen molar-refractivity contribution in [3.05, 3.63) is 28.8 Å². The van der Waals surface area contributed by atoms with Crippen molar-refractivity contribution in [1.82, 2.24) is 5.32 Å². The number of carbonyl (C=O) groups is 1. The number of amides is 1. The van der Waals surface area contributed by atoms with Gasteiger partial charge in [0.15, 0.2) is 0 Å². The van der Waals surface area contributed by atoms with E-state index in [0.29, 0.717) is 0 Å². The summed E-state index contributed by atoms with van der Waals surface area (Å²) >= 11 is 0. The van der Waals surface area contributed by atoms with Crippen molar-refractivity contribution in [2.75, 3.05) is 11.9 Å². The molecule has 0 fully saturated rings. The fourth-order valence-corrected chi connectivity index (χ4v) is 1.99. The molecule has 1 amide bonds. The standard InChI is InChI=1S/C12H16N2O/c1-7-4-8(2)11-10(5-7)12(15)14-9(3)6-13-11/h4-5,9,13H,6H2,1-3H3,(H,14,15). The van der Waals surface area contributed by atoms with E-state index in [1.54, 1.807) is 0 Å². The van der Waals surface area contributed by atoms with Gasteiger partial charge in [-0.25, -0.2) is 0 Å². The zero-order chi connectivity index (χ0) is 11.0. The molecule has 0 radical (unpaired) electrons. The Morgan fingerprint density at radius 1 is 1.33 bits per heavy atom. The lowest BCUT2D eigenvalue weighted by molar-refractivity contribution is 0.0945. The quantitative estimate of drug-likeness (QED) is 0.677. The predicted octanol–water partition coefficient (Wildman–Crippen LogP) is 1.85. The molecular formula is C12H16N2O. The summed E-state index contributed by atoms with van der Waals surface area (Å²) in [5.41, 5.74) is 3.99. The lowest BCUT2D eigenvalue weighted by Crippen LogP contribution is -2.34. The van der Waals surface area contributed by atoms with Gasteiger partial charge < -0.3 is 10.6 Å². The molecule has 0 aliphatic carbocycles. The van der Waals surface area contributed by atoms with Crippen LogP contribution < -0.4 is 10.6 Å². The highest BCUT2D eigenvalue weighted by Gasteiger charge is 2.19. The summed E-state index contributed by atoms with van der Waals surface area (Å²) < 4.78 is 0. The molecule has 2 N–H and O–H groups in total. The first-order valence-electron chi connectivity index (χ1n) is 5.24. The van der Waals surface area contributed by atoms with E-state index in [9.17, 15) is 4.79 Å². The highest BCUT2D eigenvalue weighted by molar-refractivity contribution is 6.01. The van der Waals surface area contributed by atoms with Crippen molar-refractivity contribution in [2.45, 2.75) is 26.8 Å². The van der Waals surface area contributed by atoms with Crippen LogP contribution in [0.4, 0.5) is 5.69 Å². The van der Waals surface area contributed by atoms with Crippen LogP contribution in [0, 0.1) is 13.8 Å². The molecule has 0 saturated carbocycles. The third-order valence-electron chi connectivity index (χ3n) is 2.69. The van der Waals surface area contributed by atoms with Crippen LogP contribution in [0.25, 0.3) is 0 Å². The minimum absolute atomic E-state index is 0.0225. The molecule has 1 heterocycles. The molecule has 1 unspecified atom stereocenters. The second kappa shape index (κ2) is 3.57. The van der Waals surface area contributed by atoms with E-state index in [2.05, 4.69) is 16.7 Å². The molecule has 2 rings (SSSR count). The van der Waals surface area contributed by atoms with Crippen LogP contribution in [0.2, 0.25) is 0 Å². The van der Waals surface area contributed by atoms with E-state index in [4.69, 9.17) is 0 Å². The first-order valence-corrected chi connectivity index (χ1v) is 5.24. The Kier molecular flexibility index (Phi) is 2.39. The molecule has 3 heteroatoms. The van der Waals surface area contributed by atoms with Crippen LogP contribution in [0.1, 0.15) is 28.4 Å². The van der Waals surface area contributed by atoms with E-state index in [1.807, 2.05) is 26.8 Å². The first kappa shape index (κ1) is 10.0. The van der Waals surface area contributed by atoms with E-state index in [0.717, 1.165) is 28.9 Å². The third kappa shape index (κ3) is 1.82. The molecule has 0 bridgehead atoms. The molecule has 0 spiro atoms. The van der Waals surface area contributed by atoms with E-state index in [-0.39, 0.29) is 11.9 Å². The van der Waals surface area contributed by atoms with Crippen molar-refractivity contribution in [1.29, 1.82) is 0 Å². The fourth-order valence-electron chi connectivity index (χ4n) is 1.99. The number of carbonyl (C=O) groups excluding carboxylic acids is 1. The lowest BCUT2D eigenvalue weighted by atomic mass is 10.0. The number of hydrogen-bond donors (Lipinski definition) is 2. The van der Waals surface area contributed by atoms with Gasteiger partial charge in [-0.2, -0.15) is 0 Å². The van der Waals surface area contributed by atoms with Crippen molar-refractivity contribution < 1.29 is 4.79 Å². The Labute approximate surface area is 89.9 Å². The summed E-state index contributed by atoms with van der Waals surface area (Å²) in [5, 5.41) is 6.27. The van der Waals surface area contributed by atoms with E-state index in [1.165, 1.54) is 0 Å². The smallest absolute Gasteiger partial charge is 0.253 e. The Hall–Kier alpha value is -1.51. The number of hydrogen-bond acceptors (Lipinski definition) is 2. The zero-order valence-corrected chi connectivity index (χ0v) is 9.35. The largest absolute Gasteiger partial charge is 0.382 e. The molecule has 80 valence electrons. The molecule has 1 aliphatic heterocycles.